The minimum Gasteiger partial charge on any atom is -0.507 e. The highest BCUT2D eigenvalue weighted by Gasteiger charge is 2.61. The van der Waals surface area contributed by atoms with Crippen molar-refractivity contribution in [3.05, 3.63) is 64.3 Å². The van der Waals surface area contributed by atoms with E-state index < -0.39 is 52.2 Å². The number of fused-ring (bicyclic) bond motifs is 6. The van der Waals surface area contributed by atoms with Crippen molar-refractivity contribution in [1.82, 2.24) is 0 Å². The standard InChI is InChI=1S/C39H50O8/c1-20(2)10-13-26-34-30(27-18-38(9,46-34)15-14-25(27)21(3)4)33(42)31-32(41)28-16-24(19-40)17-29(37(7,8)45)39(28,47-35(26)31)23(6)12-11-22(5)36(43)44/h10-12,16,19,22-25,27,29,42,45H,3,13-15,17-18H2,1-2,4-9H3,(H,43,44)/b12-11+/t22?,23-,24-,25?,27-,29?,38-,39-/m1/s1. The minimum atomic E-state index is -1.48. The normalized spacial score (nSPS) is 30.8. The molecule has 2 aliphatic carbocycles. The summed E-state index contributed by atoms with van der Waals surface area (Å²) in [6.45, 7) is 19.0. The molecular weight excluding hydrogens is 596 g/mol. The highest BCUT2D eigenvalue weighted by atomic mass is 16.5. The van der Waals surface area contributed by atoms with Crippen molar-refractivity contribution in [1.29, 1.82) is 0 Å². The molecule has 1 fully saturated rings. The number of carboxylic acid groups (broad SMARTS) is 1. The topological polar surface area (TPSA) is 130 Å². The Morgan fingerprint density at radius 3 is 2.43 bits per heavy atom. The third kappa shape index (κ3) is 5.77. The average molecular weight is 647 g/mol. The van der Waals surface area contributed by atoms with Gasteiger partial charge < -0.3 is 29.6 Å². The molecule has 254 valence electrons. The Morgan fingerprint density at radius 2 is 1.85 bits per heavy atom. The van der Waals surface area contributed by atoms with Crippen molar-refractivity contribution in [3.8, 4) is 17.2 Å². The summed E-state index contributed by atoms with van der Waals surface area (Å²) in [4.78, 5) is 39.0. The number of Topliss-reactive ketones (excluding diaryl/α,β-unsaturated/α-hetero) is 1. The van der Waals surface area contributed by atoms with Crippen molar-refractivity contribution < 1.29 is 39.2 Å². The summed E-state index contributed by atoms with van der Waals surface area (Å²) in [6.07, 6.45) is 10.6. The highest BCUT2D eigenvalue weighted by Crippen LogP contribution is 2.62. The van der Waals surface area contributed by atoms with Gasteiger partial charge in [0.25, 0.3) is 0 Å². The molecule has 47 heavy (non-hydrogen) atoms. The second-order valence-corrected chi connectivity index (χ2v) is 15.5. The third-order valence-corrected chi connectivity index (χ3v) is 11.1. The zero-order valence-corrected chi connectivity index (χ0v) is 29.0. The van der Waals surface area contributed by atoms with Crippen LogP contribution in [0.3, 0.4) is 0 Å². The molecule has 1 aromatic carbocycles. The van der Waals surface area contributed by atoms with Crippen LogP contribution in [0.15, 0.2) is 47.6 Å². The number of aromatic hydroxyl groups is 1. The lowest BCUT2D eigenvalue weighted by Crippen LogP contribution is -2.62. The summed E-state index contributed by atoms with van der Waals surface area (Å²) in [6, 6.07) is 0. The number of ether oxygens (including phenoxy) is 2. The molecule has 0 amide bonds. The summed E-state index contributed by atoms with van der Waals surface area (Å²) in [7, 11) is 0. The number of allylic oxidation sites excluding steroid dienone is 4. The highest BCUT2D eigenvalue weighted by molar-refractivity contribution is 6.16. The fraction of sp³-hybridized carbons (Fsp3) is 0.564. The van der Waals surface area contributed by atoms with Crippen LogP contribution in [0.4, 0.5) is 0 Å². The molecule has 4 aliphatic rings. The maximum Gasteiger partial charge on any atom is 0.310 e. The molecule has 8 nitrogen and oxygen atoms in total. The van der Waals surface area contributed by atoms with E-state index in [4.69, 9.17) is 9.47 Å². The Labute approximate surface area is 278 Å². The summed E-state index contributed by atoms with van der Waals surface area (Å²) in [5, 5.41) is 33.5. The minimum absolute atomic E-state index is 0.0390. The molecule has 0 aromatic heterocycles. The van der Waals surface area contributed by atoms with Crippen LogP contribution in [0.2, 0.25) is 0 Å². The van der Waals surface area contributed by atoms with Gasteiger partial charge in [0.05, 0.1) is 11.5 Å². The van der Waals surface area contributed by atoms with Gasteiger partial charge >= 0.3 is 5.97 Å². The quantitative estimate of drug-likeness (QED) is 0.189. The van der Waals surface area contributed by atoms with Gasteiger partial charge in [0.15, 0.2) is 5.78 Å². The SMILES string of the molecule is C=C(C)C1CC[C@]2(C)C[C@H]1c1c(O)c3c(c(CC=C(C)C)c1O2)O[C@]1([C@H](C)/C=C/C(C)C(=O)O)C(=C[C@@H](C=O)CC1C(C)(C)O)C3=O. The summed E-state index contributed by atoms with van der Waals surface area (Å²) >= 11 is 0. The number of benzene rings is 1. The zero-order valence-electron chi connectivity index (χ0n) is 29.0. The van der Waals surface area contributed by atoms with E-state index in [2.05, 4.69) is 13.5 Å². The Morgan fingerprint density at radius 1 is 1.17 bits per heavy atom. The summed E-state index contributed by atoms with van der Waals surface area (Å²) in [5.74, 6) is -3.75. The zero-order chi connectivity index (χ0) is 34.8. The Bertz CT molecular complexity index is 1600. The first-order valence-electron chi connectivity index (χ1n) is 16.8. The van der Waals surface area contributed by atoms with Crippen LogP contribution in [0.1, 0.15) is 108 Å². The van der Waals surface area contributed by atoms with Crippen LogP contribution < -0.4 is 9.47 Å². The number of carbonyl (C=O) groups excluding carboxylic acids is 2. The van der Waals surface area contributed by atoms with Gasteiger partial charge in [-0.15, -0.1) is 0 Å². The van der Waals surface area contributed by atoms with E-state index in [1.165, 1.54) is 0 Å². The second kappa shape index (κ2) is 12.1. The van der Waals surface area contributed by atoms with Crippen molar-refractivity contribution in [2.75, 3.05) is 0 Å². The van der Waals surface area contributed by atoms with E-state index in [0.717, 1.165) is 30.3 Å². The van der Waals surface area contributed by atoms with Crippen LogP contribution >= 0.6 is 0 Å². The van der Waals surface area contributed by atoms with Gasteiger partial charge in [-0.2, -0.15) is 0 Å². The van der Waals surface area contributed by atoms with Crippen LogP contribution in [0.5, 0.6) is 17.2 Å². The molecule has 5 rings (SSSR count). The van der Waals surface area contributed by atoms with E-state index in [9.17, 15) is 29.7 Å². The molecule has 0 spiro atoms. The van der Waals surface area contributed by atoms with E-state index in [-0.39, 0.29) is 40.9 Å². The van der Waals surface area contributed by atoms with Crippen LogP contribution in [0.25, 0.3) is 0 Å². The molecule has 0 radical (unpaired) electrons. The smallest absolute Gasteiger partial charge is 0.310 e. The number of carbonyl (C=O) groups is 3. The van der Waals surface area contributed by atoms with Gasteiger partial charge in [-0.25, -0.2) is 0 Å². The first-order valence-corrected chi connectivity index (χ1v) is 16.8. The molecule has 3 unspecified atom stereocenters. The largest absolute Gasteiger partial charge is 0.507 e. The summed E-state index contributed by atoms with van der Waals surface area (Å²) in [5.41, 5.74) is 0.176. The molecule has 8 atom stereocenters. The number of aliphatic carboxylic acids is 1. The maximum absolute atomic E-state index is 15.0. The van der Waals surface area contributed by atoms with Crippen LogP contribution in [-0.4, -0.2) is 50.2 Å². The molecule has 1 aromatic rings. The lowest BCUT2D eigenvalue weighted by atomic mass is 9.58. The predicted octanol–water partition coefficient (Wildman–Crippen LogP) is 7.27. The van der Waals surface area contributed by atoms with Crippen molar-refractivity contribution in [3.63, 3.8) is 0 Å². The van der Waals surface area contributed by atoms with Gasteiger partial charge in [-0.05, 0) is 86.5 Å². The Balaban J connectivity index is 1.86. The summed E-state index contributed by atoms with van der Waals surface area (Å²) < 4.78 is 14.0. The van der Waals surface area contributed by atoms with E-state index in [1.54, 1.807) is 39.0 Å². The number of phenolic OH excluding ortho intramolecular Hbond substituents is 1. The van der Waals surface area contributed by atoms with Crippen molar-refractivity contribution in [2.24, 2.45) is 29.6 Å². The number of ketones is 1. The predicted molar refractivity (Wildman–Crippen MR) is 180 cm³/mol. The fourth-order valence-electron chi connectivity index (χ4n) is 8.50. The number of hydrogen-bond donors (Lipinski definition) is 3. The number of aliphatic hydroxyl groups is 1. The average Bonchev–Trinajstić information content (AvgIpc) is 2.97. The van der Waals surface area contributed by atoms with Gasteiger partial charge in [0.1, 0.15) is 40.3 Å². The second-order valence-electron chi connectivity index (χ2n) is 15.5. The fourth-order valence-corrected chi connectivity index (χ4v) is 8.50. The van der Waals surface area contributed by atoms with E-state index >= 15 is 0 Å². The van der Waals surface area contributed by atoms with Crippen LogP contribution in [-0.2, 0) is 16.0 Å². The molecule has 2 aliphatic heterocycles. The maximum atomic E-state index is 15.0. The number of aldehydes is 1. The molecule has 8 heteroatoms. The molecular formula is C39H50O8. The van der Waals surface area contributed by atoms with Gasteiger partial charge in [-0.3, -0.25) is 9.59 Å². The lowest BCUT2D eigenvalue weighted by molar-refractivity contribution is -0.139. The number of carboxylic acids is 1. The first-order chi connectivity index (χ1) is 21.9. The third-order valence-electron chi connectivity index (χ3n) is 11.1. The molecule has 2 bridgehead atoms. The van der Waals surface area contributed by atoms with E-state index in [1.807, 2.05) is 33.8 Å². The molecule has 2 heterocycles. The van der Waals surface area contributed by atoms with Crippen LogP contribution in [0, 0.1) is 29.6 Å². The monoisotopic (exact) mass is 646 g/mol. The van der Waals surface area contributed by atoms with Crippen molar-refractivity contribution >= 4 is 18.0 Å². The molecule has 3 N–H and O–H groups in total. The Kier molecular flexibility index (Phi) is 8.93. The number of rotatable bonds is 9. The number of phenols is 1. The van der Waals surface area contributed by atoms with E-state index in [0.29, 0.717) is 29.7 Å². The van der Waals surface area contributed by atoms with Gasteiger partial charge in [0, 0.05) is 40.4 Å². The molecule has 0 saturated heterocycles. The lowest BCUT2D eigenvalue weighted by Gasteiger charge is -2.55. The Hall–Kier alpha value is -3.65. The molecule has 1 saturated carbocycles. The van der Waals surface area contributed by atoms with Gasteiger partial charge in [-0.1, -0.05) is 49.0 Å². The number of hydrogen-bond acceptors (Lipinski definition) is 7. The first kappa shape index (κ1) is 34.7. The van der Waals surface area contributed by atoms with Gasteiger partial charge in [0.2, 0.25) is 0 Å². The van der Waals surface area contributed by atoms with Crippen molar-refractivity contribution in [2.45, 2.75) is 110 Å².